The molecule has 7 rings (SSSR count). The van der Waals surface area contributed by atoms with Crippen molar-refractivity contribution >= 4 is 51.7 Å². The molecular formula is C55H68N6O6S. The van der Waals surface area contributed by atoms with Crippen molar-refractivity contribution in [2.45, 2.75) is 124 Å². The highest BCUT2D eigenvalue weighted by Gasteiger charge is 2.37. The largest absolute Gasteiger partial charge is 0.497 e. The number of fused-ring (bicyclic) bond motifs is 6. The van der Waals surface area contributed by atoms with Gasteiger partial charge in [0.25, 0.3) is 5.91 Å². The monoisotopic (exact) mass is 940 g/mol. The molecule has 1 fully saturated rings. The third-order valence-electron chi connectivity index (χ3n) is 13.5. The fourth-order valence-corrected chi connectivity index (χ4v) is 10.2. The van der Waals surface area contributed by atoms with Gasteiger partial charge in [-0.25, -0.2) is 5.43 Å². The average molecular weight is 941 g/mol. The normalized spacial score (nSPS) is 17.9. The van der Waals surface area contributed by atoms with Gasteiger partial charge in [-0.05, 0) is 120 Å². The Morgan fingerprint density at radius 2 is 1.79 bits per heavy atom. The van der Waals surface area contributed by atoms with Gasteiger partial charge in [0.15, 0.2) is 0 Å². The quantitative estimate of drug-likeness (QED) is 0.0827. The first-order chi connectivity index (χ1) is 32.6. The number of aromatic nitrogens is 2. The van der Waals surface area contributed by atoms with E-state index >= 15 is 0 Å². The molecule has 3 aromatic carbocycles. The Kier molecular flexibility index (Phi) is 16.2. The van der Waals surface area contributed by atoms with E-state index in [1.807, 2.05) is 62.6 Å². The van der Waals surface area contributed by atoms with Crippen LogP contribution >= 0.6 is 12.2 Å². The van der Waals surface area contributed by atoms with E-state index in [0.29, 0.717) is 45.1 Å². The van der Waals surface area contributed by atoms with Crippen molar-refractivity contribution in [3.63, 3.8) is 0 Å². The second-order valence-corrected chi connectivity index (χ2v) is 20.1. The molecule has 0 spiro atoms. The van der Waals surface area contributed by atoms with Crippen molar-refractivity contribution in [3.05, 3.63) is 107 Å². The number of hydrogen-bond donors (Lipinski definition) is 2. The highest BCUT2D eigenvalue weighted by Crippen LogP contribution is 2.41. The molecule has 0 unspecified atom stereocenters. The van der Waals surface area contributed by atoms with Crippen LogP contribution in [0.15, 0.2) is 85.2 Å². The maximum Gasteiger partial charge on any atom is 0.324 e. The Balaban J connectivity index is 1.19. The molecule has 4 heterocycles. The number of methoxy groups -OCH3 is 1. The summed E-state index contributed by atoms with van der Waals surface area (Å²) in [7, 11) is 3.29. The van der Waals surface area contributed by atoms with Gasteiger partial charge in [-0.2, -0.15) is 0 Å². The van der Waals surface area contributed by atoms with Gasteiger partial charge in [0.05, 0.1) is 19.4 Å². The van der Waals surface area contributed by atoms with Crippen molar-refractivity contribution in [2.24, 2.45) is 11.3 Å². The van der Waals surface area contributed by atoms with Gasteiger partial charge in [-0.3, -0.25) is 29.2 Å². The zero-order valence-electron chi connectivity index (χ0n) is 41.0. The highest BCUT2D eigenvalue weighted by molar-refractivity contribution is 7.80. The lowest BCUT2D eigenvalue weighted by Gasteiger charge is -2.36. The van der Waals surface area contributed by atoms with Gasteiger partial charge in [0, 0.05) is 73.7 Å². The number of rotatable bonds is 14. The number of hydrogen-bond acceptors (Lipinski definition) is 9. The zero-order chi connectivity index (χ0) is 48.7. The number of carbonyl (C=O) groups excluding carboxylic acids is 4. The van der Waals surface area contributed by atoms with Crippen LogP contribution < -0.4 is 15.5 Å². The fraction of sp³-hybridized carbons (Fsp3) is 0.455. The van der Waals surface area contributed by atoms with Gasteiger partial charge >= 0.3 is 5.97 Å². The maximum atomic E-state index is 14.7. The summed E-state index contributed by atoms with van der Waals surface area (Å²) in [4.78, 5) is 63.8. The van der Waals surface area contributed by atoms with Crippen molar-refractivity contribution in [2.75, 3.05) is 27.3 Å². The lowest BCUT2D eigenvalue weighted by Crippen LogP contribution is -2.62. The molecule has 0 radical (unpaired) electrons. The fourth-order valence-electron chi connectivity index (χ4n) is 9.89. The minimum Gasteiger partial charge on any atom is -0.497 e. The van der Waals surface area contributed by atoms with Crippen LogP contribution in [-0.4, -0.2) is 93.4 Å². The lowest BCUT2D eigenvalue weighted by molar-refractivity contribution is -0.155. The number of hydrazine groups is 1. The van der Waals surface area contributed by atoms with E-state index in [0.717, 1.165) is 68.0 Å². The number of carbonyl (C=O) groups is 4. The van der Waals surface area contributed by atoms with Crippen LogP contribution in [0.4, 0.5) is 0 Å². The standard InChI is InChI=1S/C55H68N6O6S/c1-9-38-25-26-56-33-45(38)51-44-32-55(5,6)34-67-54(65)46-17-13-27-61(58-46)53(64)47(30-37-14-11-15-39(28-37)40-21-24-48(43(44)31-40)60(51)10-2)57-52(63)50(35(3)4)59(7)49(62)18-12-16-42(68)29-36-19-22-41(66-8)23-20-36/h11,14-15,19-26,28,31,33,35,46-47,50,58H,9-10,12-13,16-18,27,29-30,32,34H2,1-8H3,(H,57,63)/t46-,47-,50-/m0/s1. The number of amides is 3. The molecule has 5 aromatic rings. The smallest absolute Gasteiger partial charge is 0.324 e. The van der Waals surface area contributed by atoms with Crippen molar-refractivity contribution < 1.29 is 28.7 Å². The van der Waals surface area contributed by atoms with Crippen LogP contribution in [0.25, 0.3) is 33.3 Å². The summed E-state index contributed by atoms with van der Waals surface area (Å²) >= 11 is 5.68. The molecule has 6 bridgehead atoms. The minimum atomic E-state index is -1.01. The first-order valence-electron chi connectivity index (χ1n) is 24.2. The number of nitrogens with zero attached hydrogens (tertiary/aromatic N) is 4. The first kappa shape index (κ1) is 50.0. The van der Waals surface area contributed by atoms with E-state index < -0.39 is 35.4 Å². The molecular weight excluding hydrogens is 873 g/mol. The van der Waals surface area contributed by atoms with Gasteiger partial charge < -0.3 is 24.3 Å². The van der Waals surface area contributed by atoms with E-state index in [9.17, 15) is 19.2 Å². The molecule has 12 nitrogen and oxygen atoms in total. The Morgan fingerprint density at radius 1 is 1.03 bits per heavy atom. The van der Waals surface area contributed by atoms with E-state index in [4.69, 9.17) is 21.7 Å². The molecule has 2 aromatic heterocycles. The molecule has 3 amide bonds. The Morgan fingerprint density at radius 3 is 2.51 bits per heavy atom. The van der Waals surface area contributed by atoms with E-state index in [1.54, 1.807) is 14.2 Å². The summed E-state index contributed by atoms with van der Waals surface area (Å²) in [5.74, 6) is -0.875. The number of benzene rings is 3. The molecule has 1 saturated heterocycles. The Labute approximate surface area is 407 Å². The highest BCUT2D eigenvalue weighted by atomic mass is 32.1. The number of pyridine rings is 1. The molecule has 68 heavy (non-hydrogen) atoms. The number of thiocarbonyl (C=S) groups is 1. The summed E-state index contributed by atoms with van der Waals surface area (Å²) in [5, 5.41) is 5.68. The van der Waals surface area contributed by atoms with Crippen molar-refractivity contribution in [1.82, 2.24) is 30.2 Å². The number of likely N-dealkylation sites (N-methyl/N-ethyl adjacent to an activating group) is 1. The van der Waals surface area contributed by atoms with E-state index in [2.05, 4.69) is 84.4 Å². The van der Waals surface area contributed by atoms with Gasteiger partial charge in [-0.1, -0.05) is 89.3 Å². The molecule has 2 N–H and O–H groups in total. The number of cyclic esters (lactones) is 1. The summed E-state index contributed by atoms with van der Waals surface area (Å²) in [5.41, 5.74) is 12.4. The molecule has 360 valence electrons. The molecule has 13 heteroatoms. The third-order valence-corrected chi connectivity index (χ3v) is 13.8. The second-order valence-electron chi connectivity index (χ2n) is 19.5. The van der Waals surface area contributed by atoms with E-state index in [-0.39, 0.29) is 37.2 Å². The summed E-state index contributed by atoms with van der Waals surface area (Å²) in [6, 6.07) is 22.0. The Hall–Kier alpha value is -5.92. The Bertz CT molecular complexity index is 2640. The molecule has 0 aliphatic carbocycles. The van der Waals surface area contributed by atoms with Crippen molar-refractivity contribution in [3.8, 4) is 28.1 Å². The summed E-state index contributed by atoms with van der Waals surface area (Å²) in [6.07, 6.45) is 8.55. The topological polar surface area (TPSA) is 135 Å². The number of esters is 1. The average Bonchev–Trinajstić information content (AvgIpc) is 3.63. The summed E-state index contributed by atoms with van der Waals surface area (Å²) < 4.78 is 13.8. The predicted molar refractivity (Wildman–Crippen MR) is 272 cm³/mol. The lowest BCUT2D eigenvalue weighted by atomic mass is 9.84. The SMILES string of the molecule is CCc1ccncc1-c1c2c3cc(ccc3n1CC)-c1cccc(c1)C[C@H](NC(=O)[C@H](C(C)C)N(C)C(=O)CCCC(=S)Cc1ccc(OC)cc1)C(=O)N1CCC[C@H](N1)C(=O)OCC(C)(C)C2. The van der Waals surface area contributed by atoms with Crippen molar-refractivity contribution in [1.29, 1.82) is 0 Å². The molecule has 2 aliphatic rings. The molecule has 3 atom stereocenters. The van der Waals surface area contributed by atoms with Gasteiger partial charge in [0.1, 0.15) is 23.9 Å². The third kappa shape index (κ3) is 11.5. The summed E-state index contributed by atoms with van der Waals surface area (Å²) in [6.45, 7) is 13.7. The molecule has 2 aliphatic heterocycles. The van der Waals surface area contributed by atoms with Crippen LogP contribution in [0.2, 0.25) is 0 Å². The number of nitrogens with one attached hydrogen (secondary N) is 2. The first-order valence-corrected chi connectivity index (χ1v) is 24.6. The maximum absolute atomic E-state index is 14.7. The second kappa shape index (κ2) is 22.0. The minimum absolute atomic E-state index is 0.170. The predicted octanol–water partition coefficient (Wildman–Crippen LogP) is 8.88. The number of ether oxygens (including phenoxy) is 2. The van der Waals surface area contributed by atoms with Crippen LogP contribution in [0, 0.1) is 11.3 Å². The van der Waals surface area contributed by atoms with Crippen LogP contribution in [0.3, 0.4) is 0 Å². The molecule has 0 saturated carbocycles. The van der Waals surface area contributed by atoms with Gasteiger partial charge in [0.2, 0.25) is 11.8 Å². The van der Waals surface area contributed by atoms with E-state index in [1.165, 1.54) is 21.0 Å². The van der Waals surface area contributed by atoms with Gasteiger partial charge in [-0.15, -0.1) is 0 Å². The van der Waals surface area contributed by atoms with Crippen LogP contribution in [0.1, 0.15) is 95.9 Å². The van der Waals surface area contributed by atoms with Crippen LogP contribution in [0.5, 0.6) is 5.75 Å². The van der Waals surface area contributed by atoms with Crippen LogP contribution in [-0.2, 0) is 56.1 Å². The number of aryl methyl sites for hydroxylation is 2. The zero-order valence-corrected chi connectivity index (χ0v) is 41.8.